The Hall–Kier alpha value is -3.86. The monoisotopic (exact) mass is 478 g/mol. The number of carbonyl (C=O) groups excluding carboxylic acids is 1. The number of carbonyl (C=O) groups is 1. The van der Waals surface area contributed by atoms with Crippen LogP contribution in [0.5, 0.6) is 0 Å². The lowest BCUT2D eigenvalue weighted by atomic mass is 10.0. The molecule has 36 heavy (non-hydrogen) atoms. The summed E-state index contributed by atoms with van der Waals surface area (Å²) in [5, 5.41) is 9.17. The molecule has 184 valence electrons. The van der Waals surface area contributed by atoms with Crippen molar-refractivity contribution in [3.8, 4) is 0 Å². The third kappa shape index (κ3) is 4.92. The van der Waals surface area contributed by atoms with Gasteiger partial charge in [-0.15, -0.1) is 0 Å². The Balaban J connectivity index is 1.47. The molecular weight excluding hydrogens is 444 g/mol. The molecule has 1 fully saturated rings. The van der Waals surface area contributed by atoms with E-state index < -0.39 is 6.04 Å². The van der Waals surface area contributed by atoms with E-state index in [4.69, 9.17) is 5.41 Å². The highest BCUT2D eigenvalue weighted by Gasteiger charge is 2.31. The molecule has 5 nitrogen and oxygen atoms in total. The Labute approximate surface area is 212 Å². The molecule has 2 heterocycles. The van der Waals surface area contributed by atoms with Crippen LogP contribution in [0.25, 0.3) is 17.1 Å². The number of nitrogens with one attached hydrogen (secondary N) is 1. The summed E-state index contributed by atoms with van der Waals surface area (Å²) in [6.45, 7) is 6.46. The highest BCUT2D eigenvalue weighted by molar-refractivity contribution is 5.85. The van der Waals surface area contributed by atoms with Gasteiger partial charge in [-0.2, -0.15) is 0 Å². The van der Waals surface area contributed by atoms with Gasteiger partial charge in [0.25, 0.3) is 0 Å². The predicted molar refractivity (Wildman–Crippen MR) is 146 cm³/mol. The van der Waals surface area contributed by atoms with Crippen LogP contribution in [0.2, 0.25) is 0 Å². The van der Waals surface area contributed by atoms with Crippen LogP contribution in [0.15, 0.2) is 78.9 Å². The minimum atomic E-state index is -0.435. The number of amides is 1. The molecule has 1 amide bonds. The van der Waals surface area contributed by atoms with Gasteiger partial charge in [-0.1, -0.05) is 83.9 Å². The first-order valence-electron chi connectivity index (χ1n) is 12.8. The maximum atomic E-state index is 13.6. The van der Waals surface area contributed by atoms with Gasteiger partial charge >= 0.3 is 0 Å². The van der Waals surface area contributed by atoms with Gasteiger partial charge in [0.2, 0.25) is 11.5 Å². The molecule has 1 aliphatic rings. The maximum Gasteiger partial charge on any atom is 0.246 e. The van der Waals surface area contributed by atoms with Gasteiger partial charge in [0.15, 0.2) is 0 Å². The molecule has 1 saturated heterocycles. The molecule has 5 heteroatoms. The van der Waals surface area contributed by atoms with E-state index in [0.29, 0.717) is 18.6 Å². The van der Waals surface area contributed by atoms with Crippen molar-refractivity contribution in [3.05, 3.63) is 107 Å². The smallest absolute Gasteiger partial charge is 0.246 e. The molecule has 0 radical (unpaired) electrons. The number of allylic oxidation sites excluding steroid dienone is 1. The fourth-order valence-corrected chi connectivity index (χ4v) is 4.88. The van der Waals surface area contributed by atoms with Crippen molar-refractivity contribution in [3.63, 3.8) is 0 Å². The number of hydrogen-bond acceptors (Lipinski definition) is 2. The molecule has 5 rings (SSSR count). The standard InChI is InChI=1S/C31H34N4O/c1-23-11-15-25(16-12-23)8-5-6-21-34-27-9-3-4-10-28(27)35(31(34)32)29(30(36)33-19-7-20-33)22-26-17-13-24(2)14-18-26/h3-5,8-18,29,32H,6-7,19-22H2,1-2H3/t29-/m0/s1. The minimum absolute atomic E-state index is 0.113. The first kappa shape index (κ1) is 23.9. The van der Waals surface area contributed by atoms with E-state index >= 15 is 0 Å². The van der Waals surface area contributed by atoms with Gasteiger partial charge < -0.3 is 9.47 Å². The van der Waals surface area contributed by atoms with Crippen LogP contribution < -0.4 is 5.62 Å². The van der Waals surface area contributed by atoms with Gasteiger partial charge in [-0.25, -0.2) is 0 Å². The van der Waals surface area contributed by atoms with Gasteiger partial charge in [0, 0.05) is 26.1 Å². The topological polar surface area (TPSA) is 54.0 Å². The average molecular weight is 479 g/mol. The Morgan fingerprint density at radius 2 is 1.56 bits per heavy atom. The Kier molecular flexibility index (Phi) is 6.90. The molecule has 0 aliphatic carbocycles. The van der Waals surface area contributed by atoms with Crippen molar-refractivity contribution in [2.45, 2.75) is 45.7 Å². The third-order valence-corrected chi connectivity index (χ3v) is 7.14. The molecule has 4 aromatic rings. The zero-order chi connectivity index (χ0) is 25.1. The number of nitrogens with zero attached hydrogens (tertiary/aromatic N) is 3. The number of para-hydroxylation sites is 2. The lowest BCUT2D eigenvalue weighted by Crippen LogP contribution is -2.47. The van der Waals surface area contributed by atoms with E-state index in [1.54, 1.807) is 0 Å². The number of hydrogen-bond donors (Lipinski definition) is 1. The Bertz CT molecular complexity index is 1440. The van der Waals surface area contributed by atoms with Crippen molar-refractivity contribution in [1.82, 2.24) is 14.0 Å². The van der Waals surface area contributed by atoms with Crippen molar-refractivity contribution in [1.29, 1.82) is 5.41 Å². The fourth-order valence-electron chi connectivity index (χ4n) is 4.88. The van der Waals surface area contributed by atoms with Crippen molar-refractivity contribution >= 4 is 23.0 Å². The largest absolute Gasteiger partial charge is 0.341 e. The maximum absolute atomic E-state index is 13.6. The van der Waals surface area contributed by atoms with Crippen LogP contribution in [-0.4, -0.2) is 33.0 Å². The van der Waals surface area contributed by atoms with E-state index in [2.05, 4.69) is 80.6 Å². The molecule has 1 aliphatic heterocycles. The van der Waals surface area contributed by atoms with Crippen LogP contribution in [0, 0.1) is 19.3 Å². The minimum Gasteiger partial charge on any atom is -0.341 e. The van der Waals surface area contributed by atoms with Gasteiger partial charge in [-0.05, 0) is 49.9 Å². The van der Waals surface area contributed by atoms with Gasteiger partial charge in [-0.3, -0.25) is 14.8 Å². The SMILES string of the molecule is Cc1ccc(C=CCCn2c(=N)n([C@@H](Cc3ccc(C)cc3)C(=O)N3CCC3)c3ccccc32)cc1. The average Bonchev–Trinajstić information content (AvgIpc) is 3.12. The molecular formula is C31H34N4O. The summed E-state index contributed by atoms with van der Waals surface area (Å²) in [7, 11) is 0. The summed E-state index contributed by atoms with van der Waals surface area (Å²) in [6, 6.07) is 24.5. The van der Waals surface area contributed by atoms with E-state index in [1.165, 1.54) is 16.7 Å². The quantitative estimate of drug-likeness (QED) is 0.349. The highest BCUT2D eigenvalue weighted by atomic mass is 16.2. The van der Waals surface area contributed by atoms with E-state index in [9.17, 15) is 4.79 Å². The van der Waals surface area contributed by atoms with Crippen molar-refractivity contribution in [2.24, 2.45) is 0 Å². The van der Waals surface area contributed by atoms with Gasteiger partial charge in [0.05, 0.1) is 11.0 Å². The molecule has 0 saturated carbocycles. The summed E-state index contributed by atoms with van der Waals surface area (Å²) in [5.41, 5.74) is 7.07. The Morgan fingerprint density at radius 3 is 2.19 bits per heavy atom. The second-order valence-corrected chi connectivity index (χ2v) is 9.82. The van der Waals surface area contributed by atoms with E-state index in [1.807, 2.05) is 32.2 Å². The summed E-state index contributed by atoms with van der Waals surface area (Å²) >= 11 is 0. The van der Waals surface area contributed by atoms with Crippen LogP contribution in [0.4, 0.5) is 0 Å². The third-order valence-electron chi connectivity index (χ3n) is 7.14. The fraction of sp³-hybridized carbons (Fsp3) is 0.290. The molecule has 1 atom stereocenters. The number of aryl methyl sites for hydroxylation is 3. The molecule has 0 spiro atoms. The first-order valence-corrected chi connectivity index (χ1v) is 12.8. The molecule has 3 aromatic carbocycles. The molecule has 0 bridgehead atoms. The van der Waals surface area contributed by atoms with Crippen LogP contribution in [-0.2, 0) is 17.8 Å². The summed E-state index contributed by atoms with van der Waals surface area (Å²) < 4.78 is 4.00. The Morgan fingerprint density at radius 1 is 0.917 bits per heavy atom. The van der Waals surface area contributed by atoms with Gasteiger partial charge in [0.1, 0.15) is 6.04 Å². The summed E-state index contributed by atoms with van der Waals surface area (Å²) in [6.07, 6.45) is 6.74. The lowest BCUT2D eigenvalue weighted by molar-refractivity contribution is -0.138. The lowest BCUT2D eigenvalue weighted by Gasteiger charge is -2.34. The number of likely N-dealkylation sites (tertiary alicyclic amines) is 1. The van der Waals surface area contributed by atoms with Crippen LogP contribution in [0.1, 0.15) is 41.1 Å². The first-order chi connectivity index (χ1) is 17.5. The second-order valence-electron chi connectivity index (χ2n) is 9.82. The zero-order valence-electron chi connectivity index (χ0n) is 21.2. The van der Waals surface area contributed by atoms with Crippen molar-refractivity contribution < 1.29 is 4.79 Å². The second kappa shape index (κ2) is 10.4. The van der Waals surface area contributed by atoms with E-state index in [-0.39, 0.29) is 5.91 Å². The number of imidazole rings is 1. The van der Waals surface area contributed by atoms with Crippen LogP contribution >= 0.6 is 0 Å². The zero-order valence-corrected chi connectivity index (χ0v) is 21.2. The predicted octanol–water partition coefficient (Wildman–Crippen LogP) is 5.66. The molecule has 1 aromatic heterocycles. The number of benzene rings is 3. The summed E-state index contributed by atoms with van der Waals surface area (Å²) in [4.78, 5) is 15.6. The van der Waals surface area contributed by atoms with E-state index in [0.717, 1.165) is 42.5 Å². The molecule has 1 N–H and O–H groups in total. The number of aromatic nitrogens is 2. The molecule has 0 unspecified atom stereocenters. The highest BCUT2D eigenvalue weighted by Crippen LogP contribution is 2.25. The number of rotatable bonds is 8. The van der Waals surface area contributed by atoms with Crippen LogP contribution in [0.3, 0.4) is 0 Å². The number of fused-ring (bicyclic) bond motifs is 1. The normalized spacial score (nSPS) is 14.3. The summed E-state index contributed by atoms with van der Waals surface area (Å²) in [5.74, 6) is 0.113. The van der Waals surface area contributed by atoms with Crippen molar-refractivity contribution in [2.75, 3.05) is 13.1 Å².